The van der Waals surface area contributed by atoms with Crippen molar-refractivity contribution in [1.29, 1.82) is 0 Å². The summed E-state index contributed by atoms with van der Waals surface area (Å²) in [5.41, 5.74) is 6.07. The number of hydrogen-bond acceptors (Lipinski definition) is 4. The van der Waals surface area contributed by atoms with Gasteiger partial charge < -0.3 is 10.0 Å². The lowest BCUT2D eigenvalue weighted by Crippen LogP contribution is -2.25. The van der Waals surface area contributed by atoms with Crippen molar-refractivity contribution >= 4 is 21.6 Å². The molecule has 2 heterocycles. The SMILES string of the molecule is CCCCN(CCCC)c1ccc(C(O)Cc2ccnc(-c3cc(CBr)ccn3)c2)cc1. The monoisotopic (exact) mass is 495 g/mol. The zero-order chi connectivity index (χ0) is 22.8. The third kappa shape index (κ3) is 6.88. The third-order valence-electron chi connectivity index (χ3n) is 5.70. The van der Waals surface area contributed by atoms with Crippen LogP contribution in [0.5, 0.6) is 0 Å². The second-order valence-corrected chi connectivity index (χ2v) is 8.80. The average Bonchev–Trinajstić information content (AvgIpc) is 2.84. The maximum atomic E-state index is 10.9. The molecule has 1 N–H and O–H groups in total. The number of unbranched alkanes of at least 4 members (excludes halogenated alkanes) is 2. The van der Waals surface area contributed by atoms with Gasteiger partial charge >= 0.3 is 0 Å². The van der Waals surface area contributed by atoms with E-state index < -0.39 is 6.10 Å². The molecule has 0 amide bonds. The van der Waals surface area contributed by atoms with Crippen LogP contribution in [0.4, 0.5) is 5.69 Å². The van der Waals surface area contributed by atoms with Gasteiger partial charge in [-0.3, -0.25) is 9.97 Å². The van der Waals surface area contributed by atoms with Gasteiger partial charge in [0.25, 0.3) is 0 Å². The molecule has 1 unspecified atom stereocenters. The number of rotatable bonds is 12. The van der Waals surface area contributed by atoms with E-state index in [4.69, 9.17) is 0 Å². The van der Waals surface area contributed by atoms with Crippen molar-refractivity contribution in [2.75, 3.05) is 18.0 Å². The predicted octanol–water partition coefficient (Wildman–Crippen LogP) is 6.72. The Balaban J connectivity index is 1.69. The molecule has 1 aromatic carbocycles. The predicted molar refractivity (Wildman–Crippen MR) is 137 cm³/mol. The number of benzene rings is 1. The standard InChI is InChI=1S/C27H34BrN3O/c1-3-5-15-31(16-6-4-2)24-9-7-23(8-10-24)27(32)19-21-11-13-29-25(17-21)26-18-22(20-28)12-14-30-26/h7-14,17-18,27,32H,3-6,15-16,19-20H2,1-2H3. The minimum Gasteiger partial charge on any atom is -0.388 e. The fourth-order valence-electron chi connectivity index (χ4n) is 3.76. The van der Waals surface area contributed by atoms with Crippen LogP contribution in [0.2, 0.25) is 0 Å². The molecule has 0 bridgehead atoms. The fraction of sp³-hybridized carbons (Fsp3) is 0.407. The van der Waals surface area contributed by atoms with E-state index in [0.717, 1.165) is 46.5 Å². The molecule has 0 fully saturated rings. The zero-order valence-corrected chi connectivity index (χ0v) is 20.8. The number of nitrogens with zero attached hydrogens (tertiary/aromatic N) is 3. The molecular formula is C27H34BrN3O. The van der Waals surface area contributed by atoms with Crippen molar-refractivity contribution < 1.29 is 5.11 Å². The number of anilines is 1. The van der Waals surface area contributed by atoms with Gasteiger partial charge in [-0.2, -0.15) is 0 Å². The minimum atomic E-state index is -0.555. The molecule has 32 heavy (non-hydrogen) atoms. The van der Waals surface area contributed by atoms with Crippen LogP contribution < -0.4 is 4.90 Å². The molecule has 0 aliphatic heterocycles. The van der Waals surface area contributed by atoms with Gasteiger partial charge in [-0.05, 0) is 65.9 Å². The highest BCUT2D eigenvalue weighted by molar-refractivity contribution is 9.08. The van der Waals surface area contributed by atoms with Crippen molar-refractivity contribution in [2.24, 2.45) is 0 Å². The van der Waals surface area contributed by atoms with Gasteiger partial charge in [0.2, 0.25) is 0 Å². The molecule has 4 nitrogen and oxygen atoms in total. The van der Waals surface area contributed by atoms with Crippen LogP contribution in [0.25, 0.3) is 11.4 Å². The minimum absolute atomic E-state index is 0.544. The lowest BCUT2D eigenvalue weighted by Gasteiger charge is -2.25. The van der Waals surface area contributed by atoms with E-state index in [0.29, 0.717) is 6.42 Å². The van der Waals surface area contributed by atoms with Gasteiger partial charge in [0.05, 0.1) is 17.5 Å². The van der Waals surface area contributed by atoms with E-state index in [2.05, 4.69) is 68.9 Å². The Morgan fingerprint density at radius 3 is 1.97 bits per heavy atom. The van der Waals surface area contributed by atoms with Gasteiger partial charge in [0, 0.05) is 42.9 Å². The van der Waals surface area contributed by atoms with E-state index in [1.807, 2.05) is 24.3 Å². The van der Waals surface area contributed by atoms with Crippen LogP contribution in [-0.4, -0.2) is 28.2 Å². The largest absolute Gasteiger partial charge is 0.388 e. The molecule has 5 heteroatoms. The highest BCUT2D eigenvalue weighted by Gasteiger charge is 2.12. The summed E-state index contributed by atoms with van der Waals surface area (Å²) in [5, 5.41) is 11.7. The smallest absolute Gasteiger partial charge is 0.0889 e. The molecule has 0 radical (unpaired) electrons. The molecular weight excluding hydrogens is 462 g/mol. The van der Waals surface area contributed by atoms with Crippen LogP contribution in [-0.2, 0) is 11.8 Å². The molecule has 0 saturated heterocycles. The van der Waals surface area contributed by atoms with Crippen LogP contribution in [0.1, 0.15) is 62.3 Å². The topological polar surface area (TPSA) is 49.2 Å². The van der Waals surface area contributed by atoms with Gasteiger partial charge in [-0.25, -0.2) is 0 Å². The first-order valence-electron chi connectivity index (χ1n) is 11.6. The van der Waals surface area contributed by atoms with E-state index in [1.54, 1.807) is 12.4 Å². The Morgan fingerprint density at radius 2 is 1.41 bits per heavy atom. The number of pyridine rings is 2. The number of hydrogen-bond donors (Lipinski definition) is 1. The molecule has 0 saturated carbocycles. The van der Waals surface area contributed by atoms with E-state index in [9.17, 15) is 5.11 Å². The van der Waals surface area contributed by atoms with Crippen LogP contribution in [0, 0.1) is 0 Å². The van der Waals surface area contributed by atoms with Gasteiger partial charge in [0.15, 0.2) is 0 Å². The van der Waals surface area contributed by atoms with Gasteiger partial charge in [0.1, 0.15) is 0 Å². The molecule has 0 spiro atoms. The fourth-order valence-corrected chi connectivity index (χ4v) is 4.10. The Morgan fingerprint density at radius 1 is 0.844 bits per heavy atom. The number of aliphatic hydroxyl groups excluding tert-OH is 1. The first kappa shape index (κ1) is 24.4. The Hall–Kier alpha value is -2.24. The van der Waals surface area contributed by atoms with Crippen molar-refractivity contribution in [1.82, 2.24) is 9.97 Å². The molecule has 170 valence electrons. The van der Waals surface area contributed by atoms with Crippen LogP contribution in [0.15, 0.2) is 60.9 Å². The number of aliphatic hydroxyl groups is 1. The quantitative estimate of drug-likeness (QED) is 0.283. The van der Waals surface area contributed by atoms with E-state index >= 15 is 0 Å². The van der Waals surface area contributed by atoms with Crippen molar-refractivity contribution in [2.45, 2.75) is 57.4 Å². The first-order valence-corrected chi connectivity index (χ1v) is 12.8. The normalized spacial score (nSPS) is 12.0. The summed E-state index contributed by atoms with van der Waals surface area (Å²) in [6.07, 6.45) is 8.39. The highest BCUT2D eigenvalue weighted by Crippen LogP contribution is 2.25. The molecule has 3 rings (SSSR count). The third-order valence-corrected chi connectivity index (χ3v) is 6.35. The zero-order valence-electron chi connectivity index (χ0n) is 19.2. The number of alkyl halides is 1. The second kappa shape index (κ2) is 12.7. The van der Waals surface area contributed by atoms with Crippen molar-refractivity contribution in [3.8, 4) is 11.4 Å². The lowest BCUT2D eigenvalue weighted by atomic mass is 10.0. The lowest BCUT2D eigenvalue weighted by molar-refractivity contribution is 0.178. The first-order chi connectivity index (χ1) is 15.6. The summed E-state index contributed by atoms with van der Waals surface area (Å²) < 4.78 is 0. The summed E-state index contributed by atoms with van der Waals surface area (Å²) in [7, 11) is 0. The summed E-state index contributed by atoms with van der Waals surface area (Å²) in [5.74, 6) is 0. The Bertz CT molecular complexity index is 953. The maximum absolute atomic E-state index is 10.9. The molecule has 0 aliphatic rings. The summed E-state index contributed by atoms with van der Waals surface area (Å²) in [6.45, 7) is 6.64. The van der Waals surface area contributed by atoms with E-state index in [1.165, 1.54) is 31.4 Å². The Kier molecular flexibility index (Phi) is 9.69. The Labute approximate surface area is 200 Å². The summed E-state index contributed by atoms with van der Waals surface area (Å²) >= 11 is 3.49. The van der Waals surface area contributed by atoms with Crippen molar-refractivity contribution in [3.05, 3.63) is 77.6 Å². The number of halogens is 1. The molecule has 0 aliphatic carbocycles. The number of aromatic nitrogens is 2. The molecule has 2 aromatic heterocycles. The maximum Gasteiger partial charge on any atom is 0.0889 e. The van der Waals surface area contributed by atoms with Gasteiger partial charge in [-0.1, -0.05) is 54.8 Å². The van der Waals surface area contributed by atoms with E-state index in [-0.39, 0.29) is 0 Å². The summed E-state index contributed by atoms with van der Waals surface area (Å²) in [6, 6.07) is 16.4. The summed E-state index contributed by atoms with van der Waals surface area (Å²) in [4.78, 5) is 11.4. The second-order valence-electron chi connectivity index (χ2n) is 8.24. The highest BCUT2D eigenvalue weighted by atomic mass is 79.9. The van der Waals surface area contributed by atoms with Gasteiger partial charge in [-0.15, -0.1) is 0 Å². The molecule has 3 aromatic rings. The van der Waals surface area contributed by atoms with Crippen molar-refractivity contribution in [3.63, 3.8) is 0 Å². The molecule has 1 atom stereocenters. The average molecular weight is 496 g/mol. The van der Waals surface area contributed by atoms with Crippen LogP contribution in [0.3, 0.4) is 0 Å². The van der Waals surface area contributed by atoms with Crippen LogP contribution >= 0.6 is 15.9 Å².